The molecule has 128 valence electrons. The molecule has 2 heterocycles. The number of aromatic nitrogens is 2. The number of aliphatic hydroxyl groups is 1. The first-order valence-electron chi connectivity index (χ1n) is 8.33. The lowest BCUT2D eigenvalue weighted by Gasteiger charge is -2.32. The van der Waals surface area contributed by atoms with E-state index in [0.29, 0.717) is 5.82 Å². The van der Waals surface area contributed by atoms with Crippen LogP contribution in [-0.4, -0.2) is 33.0 Å². The topological polar surface area (TPSA) is 56.5 Å². The molecule has 1 saturated heterocycles. The molecule has 0 amide bonds. The van der Waals surface area contributed by atoms with Gasteiger partial charge in [0.1, 0.15) is 12.4 Å². The summed E-state index contributed by atoms with van der Waals surface area (Å²) in [5.41, 5.74) is 1.48. The number of aliphatic hydroxyl groups excluding tert-OH is 1. The molecular formula is C18H25BN2O3. The highest BCUT2D eigenvalue weighted by Gasteiger charge is 2.51. The molecule has 0 spiro atoms. The van der Waals surface area contributed by atoms with Gasteiger partial charge in [0.25, 0.3) is 0 Å². The molecule has 5 nitrogen and oxygen atoms in total. The van der Waals surface area contributed by atoms with Gasteiger partial charge in [-0.1, -0.05) is 24.3 Å². The highest BCUT2D eigenvalue weighted by atomic mass is 16.7. The van der Waals surface area contributed by atoms with Crippen LogP contribution in [0.15, 0.2) is 36.7 Å². The summed E-state index contributed by atoms with van der Waals surface area (Å²) in [6.45, 7) is 10.2. The zero-order valence-electron chi connectivity index (χ0n) is 15.0. The lowest BCUT2D eigenvalue weighted by Crippen LogP contribution is -2.41. The van der Waals surface area contributed by atoms with Crippen LogP contribution in [0.5, 0.6) is 0 Å². The van der Waals surface area contributed by atoms with E-state index in [4.69, 9.17) is 9.31 Å². The minimum Gasteiger partial charge on any atom is -0.399 e. The normalized spacial score (nSPS) is 20.3. The van der Waals surface area contributed by atoms with E-state index >= 15 is 0 Å². The van der Waals surface area contributed by atoms with Gasteiger partial charge in [0.2, 0.25) is 0 Å². The number of hydrogen-bond acceptors (Lipinski definition) is 4. The van der Waals surface area contributed by atoms with E-state index in [-0.39, 0.29) is 31.0 Å². The minimum absolute atomic E-state index is 0.0661. The first-order chi connectivity index (χ1) is 11.2. The van der Waals surface area contributed by atoms with Crippen LogP contribution in [0.2, 0.25) is 0 Å². The molecule has 1 unspecified atom stereocenters. The van der Waals surface area contributed by atoms with Crippen molar-refractivity contribution < 1.29 is 14.4 Å². The van der Waals surface area contributed by atoms with Crippen LogP contribution < -0.4 is 5.46 Å². The van der Waals surface area contributed by atoms with Gasteiger partial charge >= 0.3 is 7.12 Å². The second kappa shape index (κ2) is 6.03. The molecule has 1 fully saturated rings. The van der Waals surface area contributed by atoms with E-state index in [9.17, 15) is 5.11 Å². The van der Waals surface area contributed by atoms with E-state index in [1.54, 1.807) is 6.20 Å². The smallest absolute Gasteiger partial charge is 0.399 e. The Hall–Kier alpha value is -1.63. The monoisotopic (exact) mass is 328 g/mol. The summed E-state index contributed by atoms with van der Waals surface area (Å²) in [5, 5.41) is 9.37. The third-order valence-corrected chi connectivity index (χ3v) is 5.25. The predicted molar refractivity (Wildman–Crippen MR) is 94.1 cm³/mol. The first kappa shape index (κ1) is 17.2. The number of imidazole rings is 1. The van der Waals surface area contributed by atoms with Gasteiger partial charge in [-0.2, -0.15) is 0 Å². The molecule has 6 heteroatoms. The molecule has 0 saturated carbocycles. The van der Waals surface area contributed by atoms with Crippen molar-refractivity contribution in [2.24, 2.45) is 0 Å². The fourth-order valence-corrected chi connectivity index (χ4v) is 2.89. The Morgan fingerprint density at radius 3 is 2.25 bits per heavy atom. The number of hydrogen-bond donors (Lipinski definition) is 1. The van der Waals surface area contributed by atoms with Crippen LogP contribution in [0, 0.1) is 0 Å². The molecule has 1 atom stereocenters. The zero-order valence-corrected chi connectivity index (χ0v) is 15.0. The average Bonchev–Trinajstić information content (AvgIpc) is 3.09. The van der Waals surface area contributed by atoms with Gasteiger partial charge in [0.15, 0.2) is 0 Å². The van der Waals surface area contributed by atoms with E-state index < -0.39 is 0 Å². The Bertz CT molecular complexity index is 693. The quantitative estimate of drug-likeness (QED) is 0.875. The number of nitrogens with zero attached hydrogens (tertiary/aromatic N) is 2. The van der Waals surface area contributed by atoms with E-state index in [1.165, 1.54) is 0 Å². The Labute approximate surface area is 143 Å². The lowest BCUT2D eigenvalue weighted by molar-refractivity contribution is 0.00578. The molecule has 0 aliphatic carbocycles. The second-order valence-electron chi connectivity index (χ2n) is 7.34. The highest BCUT2D eigenvalue weighted by Crippen LogP contribution is 2.36. The van der Waals surface area contributed by atoms with Gasteiger partial charge in [0, 0.05) is 12.4 Å². The summed E-state index contributed by atoms with van der Waals surface area (Å²) in [6.07, 6.45) is 3.60. The molecule has 1 aliphatic rings. The predicted octanol–water partition coefficient (Wildman–Crippen LogP) is 2.28. The van der Waals surface area contributed by atoms with Crippen LogP contribution in [0.25, 0.3) is 0 Å². The van der Waals surface area contributed by atoms with Crippen molar-refractivity contribution in [2.75, 3.05) is 0 Å². The van der Waals surface area contributed by atoms with Crippen molar-refractivity contribution in [1.82, 2.24) is 9.55 Å². The third-order valence-electron chi connectivity index (χ3n) is 5.25. The molecule has 24 heavy (non-hydrogen) atoms. The maximum Gasteiger partial charge on any atom is 0.494 e. The molecule has 1 aromatic heterocycles. The summed E-state index contributed by atoms with van der Waals surface area (Å²) < 4.78 is 14.2. The van der Waals surface area contributed by atoms with Gasteiger partial charge in [-0.3, -0.25) is 0 Å². The molecule has 0 radical (unpaired) electrons. The standard InChI is InChI=1S/C18H25BN2O3/c1-13(21-11-10-20-16(21)12-22)14-6-8-15(9-7-14)19-23-17(2,3)18(4,5)24-19/h6-11,13,22H,12H2,1-5H3. The average molecular weight is 328 g/mol. The summed E-state index contributed by atoms with van der Waals surface area (Å²) in [6, 6.07) is 8.34. The number of benzene rings is 1. The van der Waals surface area contributed by atoms with Gasteiger partial charge < -0.3 is 19.0 Å². The van der Waals surface area contributed by atoms with Crippen molar-refractivity contribution in [3.05, 3.63) is 48.0 Å². The third kappa shape index (κ3) is 2.90. The van der Waals surface area contributed by atoms with Gasteiger partial charge in [0.05, 0.1) is 17.2 Å². The SMILES string of the molecule is CC(c1ccc(B2OC(C)(C)C(C)(C)O2)cc1)n1ccnc1CO. The summed E-state index contributed by atoms with van der Waals surface area (Å²) in [5.74, 6) is 0.664. The molecule has 3 rings (SSSR count). The van der Waals surface area contributed by atoms with Crippen LogP contribution in [-0.2, 0) is 15.9 Å². The molecule has 1 aliphatic heterocycles. The molecule has 1 N–H and O–H groups in total. The van der Waals surface area contributed by atoms with Crippen molar-refractivity contribution in [2.45, 2.75) is 58.5 Å². The van der Waals surface area contributed by atoms with Crippen molar-refractivity contribution in [3.63, 3.8) is 0 Å². The second-order valence-corrected chi connectivity index (χ2v) is 7.34. The Morgan fingerprint density at radius 1 is 1.12 bits per heavy atom. The molecule has 0 bridgehead atoms. The van der Waals surface area contributed by atoms with Gasteiger partial charge in [-0.15, -0.1) is 0 Å². The Morgan fingerprint density at radius 2 is 1.71 bits per heavy atom. The van der Waals surface area contributed by atoms with E-state index in [0.717, 1.165) is 11.0 Å². The van der Waals surface area contributed by atoms with Crippen LogP contribution >= 0.6 is 0 Å². The maximum absolute atomic E-state index is 9.37. The number of rotatable bonds is 4. The zero-order chi connectivity index (χ0) is 17.5. The van der Waals surface area contributed by atoms with E-state index in [1.807, 2.05) is 22.9 Å². The molecule has 1 aromatic carbocycles. The fourth-order valence-electron chi connectivity index (χ4n) is 2.89. The highest BCUT2D eigenvalue weighted by molar-refractivity contribution is 6.62. The summed E-state index contributed by atoms with van der Waals surface area (Å²) in [4.78, 5) is 4.17. The lowest BCUT2D eigenvalue weighted by atomic mass is 9.78. The fraction of sp³-hybridized carbons (Fsp3) is 0.500. The maximum atomic E-state index is 9.37. The Balaban J connectivity index is 1.79. The van der Waals surface area contributed by atoms with Crippen molar-refractivity contribution in [3.8, 4) is 0 Å². The summed E-state index contributed by atoms with van der Waals surface area (Å²) in [7, 11) is -0.347. The molecular weight excluding hydrogens is 303 g/mol. The van der Waals surface area contributed by atoms with Crippen LogP contribution in [0.1, 0.15) is 52.0 Å². The van der Waals surface area contributed by atoms with Crippen LogP contribution in [0.3, 0.4) is 0 Å². The minimum atomic E-state index is -0.347. The largest absolute Gasteiger partial charge is 0.494 e. The van der Waals surface area contributed by atoms with Crippen molar-refractivity contribution in [1.29, 1.82) is 0 Å². The van der Waals surface area contributed by atoms with Gasteiger partial charge in [-0.05, 0) is 45.6 Å². The Kier molecular flexibility index (Phi) is 4.32. The van der Waals surface area contributed by atoms with E-state index in [2.05, 4.69) is 51.7 Å². The molecule has 2 aromatic rings. The van der Waals surface area contributed by atoms with Crippen molar-refractivity contribution >= 4 is 12.6 Å². The van der Waals surface area contributed by atoms with Crippen LogP contribution in [0.4, 0.5) is 0 Å². The first-order valence-corrected chi connectivity index (χ1v) is 8.33. The van der Waals surface area contributed by atoms with Gasteiger partial charge in [-0.25, -0.2) is 4.98 Å². The summed E-state index contributed by atoms with van der Waals surface area (Å²) >= 11 is 0.